The molecule has 37 heavy (non-hydrogen) atoms. The highest BCUT2D eigenvalue weighted by molar-refractivity contribution is 5.91. The van der Waals surface area contributed by atoms with Crippen molar-refractivity contribution in [3.63, 3.8) is 0 Å². The number of ketones is 1. The van der Waals surface area contributed by atoms with Gasteiger partial charge in [-0.3, -0.25) is 14.4 Å². The molecule has 0 unspecified atom stereocenters. The zero-order chi connectivity index (χ0) is 27.1. The lowest BCUT2D eigenvalue weighted by Gasteiger charge is -2.52. The first-order chi connectivity index (χ1) is 17.4. The van der Waals surface area contributed by atoms with Crippen molar-refractivity contribution in [1.82, 2.24) is 5.32 Å². The third-order valence-corrected chi connectivity index (χ3v) is 8.53. The Morgan fingerprint density at radius 2 is 1.86 bits per heavy atom. The minimum absolute atomic E-state index is 0.287. The zero-order valence-corrected chi connectivity index (χ0v) is 21.9. The molecule has 1 aromatic rings. The lowest BCUT2D eigenvalue weighted by Crippen LogP contribution is -2.60. The fraction of sp³-hybridized carbons (Fsp3) is 0.500. The lowest BCUT2D eigenvalue weighted by molar-refractivity contribution is -0.166. The van der Waals surface area contributed by atoms with E-state index in [1.807, 2.05) is 37.3 Å². The van der Waals surface area contributed by atoms with Gasteiger partial charge < -0.3 is 20.3 Å². The number of aliphatic hydroxyl groups is 2. The Morgan fingerprint density at radius 3 is 2.51 bits per heavy atom. The number of hydrogen-bond donors (Lipinski definition) is 3. The number of aliphatic hydroxyl groups excluding tert-OH is 1. The maximum absolute atomic E-state index is 14.2. The second-order valence-electron chi connectivity index (χ2n) is 11.0. The van der Waals surface area contributed by atoms with Crippen LogP contribution in [0, 0.1) is 29.1 Å². The second-order valence-corrected chi connectivity index (χ2v) is 11.0. The van der Waals surface area contributed by atoms with Crippen molar-refractivity contribution in [2.24, 2.45) is 29.1 Å². The van der Waals surface area contributed by atoms with E-state index in [1.54, 1.807) is 19.1 Å². The number of allylic oxidation sites excluding steroid dienone is 1. The molecule has 7 heteroatoms. The standard InChI is InChI=1S/C30H37NO6/c1-17-10-9-13-22-26(33)19(3)18(2)25-23(16-21-11-7-6-8-12-21)31-28(35)30(22,25)24(37-20(4)32)14-15-29(5,36)27(17)34/h6-9,11-15,17-18,22-26,33,36H,3,10,16H2,1-2,4-5H3,(H,31,35)/b13-9+,15-14+/t17-,18+,22-,23-,24-,25-,26+,29+,30-/m0/s1. The molecule has 1 amide bonds. The summed E-state index contributed by atoms with van der Waals surface area (Å²) in [6.07, 6.45) is 5.01. The van der Waals surface area contributed by atoms with Gasteiger partial charge in [0.1, 0.15) is 17.1 Å². The van der Waals surface area contributed by atoms with Crippen LogP contribution in [0.25, 0.3) is 0 Å². The van der Waals surface area contributed by atoms with Gasteiger partial charge in [-0.2, -0.15) is 0 Å². The number of ether oxygens (including phenoxy) is 1. The molecular formula is C30H37NO6. The smallest absolute Gasteiger partial charge is 0.303 e. The molecule has 0 radical (unpaired) electrons. The van der Waals surface area contributed by atoms with Crippen LogP contribution in [-0.4, -0.2) is 51.7 Å². The van der Waals surface area contributed by atoms with Gasteiger partial charge in [0.05, 0.1) is 6.10 Å². The number of Topliss-reactive ketones (excluding diaryl/α,β-unsaturated/α-hetero) is 1. The van der Waals surface area contributed by atoms with Crippen molar-refractivity contribution in [3.05, 3.63) is 72.4 Å². The van der Waals surface area contributed by atoms with Gasteiger partial charge >= 0.3 is 5.97 Å². The van der Waals surface area contributed by atoms with Crippen LogP contribution >= 0.6 is 0 Å². The Labute approximate surface area is 218 Å². The minimum Gasteiger partial charge on any atom is -0.457 e. The molecule has 3 aliphatic rings. The quantitative estimate of drug-likeness (QED) is 0.428. The van der Waals surface area contributed by atoms with Crippen LogP contribution in [0.4, 0.5) is 0 Å². The molecule has 1 heterocycles. The van der Waals surface area contributed by atoms with Crippen LogP contribution in [0.2, 0.25) is 0 Å². The van der Waals surface area contributed by atoms with Gasteiger partial charge in [-0.05, 0) is 49.0 Å². The fourth-order valence-corrected chi connectivity index (χ4v) is 6.68. The summed E-state index contributed by atoms with van der Waals surface area (Å²) < 4.78 is 5.81. The first kappa shape index (κ1) is 27.0. The normalized spacial score (nSPS) is 41.6. The topological polar surface area (TPSA) is 113 Å². The van der Waals surface area contributed by atoms with Crippen LogP contribution in [0.1, 0.15) is 39.7 Å². The zero-order valence-electron chi connectivity index (χ0n) is 21.9. The van der Waals surface area contributed by atoms with E-state index < -0.39 is 46.9 Å². The summed E-state index contributed by atoms with van der Waals surface area (Å²) in [5, 5.41) is 25.7. The lowest BCUT2D eigenvalue weighted by atomic mass is 9.51. The van der Waals surface area contributed by atoms with E-state index in [0.29, 0.717) is 18.4 Å². The average molecular weight is 508 g/mol. The van der Waals surface area contributed by atoms with E-state index in [0.717, 1.165) is 5.56 Å². The number of amides is 1. The van der Waals surface area contributed by atoms with Crippen molar-refractivity contribution in [3.8, 4) is 0 Å². The molecule has 1 spiro atoms. The predicted molar refractivity (Wildman–Crippen MR) is 139 cm³/mol. The molecule has 1 saturated heterocycles. The Kier molecular flexibility index (Phi) is 7.32. The Bertz CT molecular complexity index is 1140. The maximum Gasteiger partial charge on any atom is 0.303 e. The highest BCUT2D eigenvalue weighted by Gasteiger charge is 2.68. The summed E-state index contributed by atoms with van der Waals surface area (Å²) in [5.74, 6) is -3.26. The molecule has 1 aliphatic heterocycles. The first-order valence-corrected chi connectivity index (χ1v) is 12.9. The molecule has 2 aliphatic carbocycles. The van der Waals surface area contributed by atoms with Crippen molar-refractivity contribution < 1.29 is 29.3 Å². The third-order valence-electron chi connectivity index (χ3n) is 8.53. The van der Waals surface area contributed by atoms with Crippen LogP contribution in [0.3, 0.4) is 0 Å². The number of benzene rings is 1. The molecule has 1 saturated carbocycles. The van der Waals surface area contributed by atoms with Crippen LogP contribution in [0.15, 0.2) is 66.8 Å². The average Bonchev–Trinajstić information content (AvgIpc) is 3.13. The highest BCUT2D eigenvalue weighted by Crippen LogP contribution is 2.58. The maximum atomic E-state index is 14.2. The molecule has 1 aromatic carbocycles. The molecule has 3 N–H and O–H groups in total. The Morgan fingerprint density at radius 1 is 1.19 bits per heavy atom. The number of rotatable bonds is 3. The number of carbonyl (C=O) groups is 3. The Balaban J connectivity index is 1.94. The summed E-state index contributed by atoms with van der Waals surface area (Å²) in [6, 6.07) is 9.49. The largest absolute Gasteiger partial charge is 0.457 e. The SMILES string of the molecule is C=C1[C@@H](C)[C@H]2[C@H](Cc3ccccc3)NC(=O)[C@@]23[C@@H](OC(C)=O)/C=C/[C@@](C)(O)C(=O)[C@@H](C)C/C=C/[C@H]3[C@@H]1O. The predicted octanol–water partition coefficient (Wildman–Crippen LogP) is 2.92. The van der Waals surface area contributed by atoms with Crippen molar-refractivity contribution in [2.75, 3.05) is 0 Å². The van der Waals surface area contributed by atoms with E-state index in [-0.39, 0.29) is 23.7 Å². The van der Waals surface area contributed by atoms with Gasteiger partial charge in [0.25, 0.3) is 0 Å². The van der Waals surface area contributed by atoms with Gasteiger partial charge in [0, 0.05) is 30.7 Å². The highest BCUT2D eigenvalue weighted by atomic mass is 16.5. The summed E-state index contributed by atoms with van der Waals surface area (Å²) in [7, 11) is 0. The number of nitrogens with one attached hydrogen (secondary N) is 1. The fourth-order valence-electron chi connectivity index (χ4n) is 6.68. The summed E-state index contributed by atoms with van der Waals surface area (Å²) >= 11 is 0. The second kappa shape index (κ2) is 10.0. The van der Waals surface area contributed by atoms with E-state index >= 15 is 0 Å². The molecular weight excluding hydrogens is 470 g/mol. The van der Waals surface area contributed by atoms with Crippen LogP contribution < -0.4 is 5.32 Å². The van der Waals surface area contributed by atoms with Crippen molar-refractivity contribution >= 4 is 17.7 Å². The van der Waals surface area contributed by atoms with Gasteiger partial charge in [0.15, 0.2) is 5.78 Å². The van der Waals surface area contributed by atoms with Gasteiger partial charge in [-0.15, -0.1) is 0 Å². The Hall–Kier alpha value is -3.03. The molecule has 2 fully saturated rings. The molecule has 0 bridgehead atoms. The molecule has 198 valence electrons. The van der Waals surface area contributed by atoms with Crippen molar-refractivity contribution in [2.45, 2.75) is 64.4 Å². The monoisotopic (exact) mass is 507 g/mol. The molecule has 4 rings (SSSR count). The minimum atomic E-state index is -1.82. The van der Waals surface area contributed by atoms with Gasteiger partial charge in [0.2, 0.25) is 5.91 Å². The van der Waals surface area contributed by atoms with E-state index in [9.17, 15) is 24.6 Å². The number of esters is 1. The number of carbonyl (C=O) groups excluding carboxylic acids is 3. The van der Waals surface area contributed by atoms with E-state index in [2.05, 4.69) is 11.9 Å². The number of hydrogen-bond acceptors (Lipinski definition) is 6. The van der Waals surface area contributed by atoms with Crippen LogP contribution in [0.5, 0.6) is 0 Å². The molecule has 9 atom stereocenters. The van der Waals surface area contributed by atoms with E-state index in [1.165, 1.54) is 26.0 Å². The van der Waals surface area contributed by atoms with Crippen molar-refractivity contribution in [1.29, 1.82) is 0 Å². The first-order valence-electron chi connectivity index (χ1n) is 12.9. The van der Waals surface area contributed by atoms with Gasteiger partial charge in [-0.1, -0.05) is 62.9 Å². The summed E-state index contributed by atoms with van der Waals surface area (Å²) in [5.41, 5.74) is -1.55. The van der Waals surface area contributed by atoms with Crippen LogP contribution in [-0.2, 0) is 25.5 Å². The molecule has 7 nitrogen and oxygen atoms in total. The van der Waals surface area contributed by atoms with E-state index in [4.69, 9.17) is 4.74 Å². The van der Waals surface area contributed by atoms with Gasteiger partial charge in [-0.25, -0.2) is 0 Å². The molecule has 0 aromatic heterocycles. The summed E-state index contributed by atoms with van der Waals surface area (Å²) in [4.78, 5) is 39.5. The summed E-state index contributed by atoms with van der Waals surface area (Å²) in [6.45, 7) is 10.5. The third kappa shape index (κ3) is 4.59.